The molecule has 31 heavy (non-hydrogen) atoms. The molecule has 0 saturated heterocycles. The maximum atomic E-state index is 12.5. The van der Waals surface area contributed by atoms with Gasteiger partial charge in [0, 0.05) is 10.0 Å². The lowest BCUT2D eigenvalue weighted by molar-refractivity contribution is 0.0733. The number of nitrogens with one attached hydrogen (secondary N) is 1. The number of amides is 1. The minimum Gasteiger partial charge on any atom is -0.423 e. The highest BCUT2D eigenvalue weighted by Gasteiger charge is 2.12. The summed E-state index contributed by atoms with van der Waals surface area (Å²) in [6.45, 7) is 0. The van der Waals surface area contributed by atoms with Gasteiger partial charge in [-0.25, -0.2) is 10.2 Å². The molecule has 0 unspecified atom stereocenters. The molecule has 0 fully saturated rings. The number of hydrogen-bond acceptors (Lipinski definition) is 4. The zero-order chi connectivity index (χ0) is 21.6. The summed E-state index contributed by atoms with van der Waals surface area (Å²) in [6, 6.07) is 27.2. The summed E-state index contributed by atoms with van der Waals surface area (Å²) in [7, 11) is 0. The zero-order valence-corrected chi connectivity index (χ0v) is 17.9. The van der Waals surface area contributed by atoms with Gasteiger partial charge in [0.1, 0.15) is 5.75 Å². The number of nitrogens with zero attached hydrogens (tertiary/aromatic N) is 1. The van der Waals surface area contributed by atoms with E-state index < -0.39 is 5.97 Å². The number of hydrazone groups is 1. The molecule has 0 bridgehead atoms. The van der Waals surface area contributed by atoms with Crippen molar-refractivity contribution in [3.05, 3.63) is 112 Å². The summed E-state index contributed by atoms with van der Waals surface area (Å²) in [5.74, 6) is -0.319. The molecule has 4 aromatic carbocycles. The minimum atomic E-state index is -0.448. The van der Waals surface area contributed by atoms with Gasteiger partial charge >= 0.3 is 5.97 Å². The Morgan fingerprint density at radius 3 is 2.29 bits per heavy atom. The number of rotatable bonds is 5. The molecular formula is C25H17BrN2O3. The molecular weight excluding hydrogens is 456 g/mol. The van der Waals surface area contributed by atoms with E-state index in [2.05, 4.69) is 26.5 Å². The first-order valence-electron chi connectivity index (χ1n) is 9.50. The van der Waals surface area contributed by atoms with Crippen LogP contribution in [0.2, 0.25) is 0 Å². The molecule has 1 amide bonds. The third kappa shape index (κ3) is 4.87. The first kappa shape index (κ1) is 20.5. The first-order valence-corrected chi connectivity index (χ1v) is 10.3. The lowest BCUT2D eigenvalue weighted by Crippen LogP contribution is -2.17. The van der Waals surface area contributed by atoms with Gasteiger partial charge in [0.05, 0.1) is 11.8 Å². The second-order valence-corrected chi connectivity index (χ2v) is 7.52. The van der Waals surface area contributed by atoms with Crippen molar-refractivity contribution < 1.29 is 14.3 Å². The molecule has 0 atom stereocenters. The molecule has 0 spiro atoms. The van der Waals surface area contributed by atoms with Crippen LogP contribution in [-0.4, -0.2) is 18.1 Å². The van der Waals surface area contributed by atoms with E-state index in [4.69, 9.17) is 4.74 Å². The number of carbonyl (C=O) groups is 2. The number of hydrogen-bond donors (Lipinski definition) is 1. The molecule has 1 N–H and O–H groups in total. The van der Waals surface area contributed by atoms with Crippen LogP contribution in [0.25, 0.3) is 10.8 Å². The average molecular weight is 473 g/mol. The van der Waals surface area contributed by atoms with E-state index in [1.54, 1.807) is 48.5 Å². The normalized spacial score (nSPS) is 10.9. The number of carbonyl (C=O) groups excluding carboxylic acids is 2. The Kier molecular flexibility index (Phi) is 6.19. The molecule has 5 nitrogen and oxygen atoms in total. The Morgan fingerprint density at radius 1 is 0.806 bits per heavy atom. The molecule has 0 saturated carbocycles. The van der Waals surface area contributed by atoms with E-state index in [1.165, 1.54) is 6.21 Å². The summed E-state index contributed by atoms with van der Waals surface area (Å²) >= 11 is 3.34. The molecule has 4 rings (SSSR count). The van der Waals surface area contributed by atoms with Crippen LogP contribution in [0.4, 0.5) is 0 Å². The van der Waals surface area contributed by atoms with Crippen molar-refractivity contribution in [1.29, 1.82) is 0 Å². The van der Waals surface area contributed by atoms with Crippen LogP contribution < -0.4 is 10.2 Å². The Hall–Kier alpha value is -3.77. The maximum absolute atomic E-state index is 12.5. The maximum Gasteiger partial charge on any atom is 0.344 e. The van der Waals surface area contributed by atoms with Crippen LogP contribution in [0.5, 0.6) is 5.75 Å². The van der Waals surface area contributed by atoms with Gasteiger partial charge in [-0.1, -0.05) is 48.5 Å². The highest BCUT2D eigenvalue weighted by atomic mass is 79.9. The van der Waals surface area contributed by atoms with Gasteiger partial charge in [-0.15, -0.1) is 0 Å². The quantitative estimate of drug-likeness (QED) is 0.178. The molecule has 0 radical (unpaired) electrons. The van der Waals surface area contributed by atoms with Crippen molar-refractivity contribution >= 4 is 44.8 Å². The average Bonchev–Trinajstić information content (AvgIpc) is 2.80. The highest BCUT2D eigenvalue weighted by molar-refractivity contribution is 9.10. The van der Waals surface area contributed by atoms with Crippen LogP contribution in [0.1, 0.15) is 26.3 Å². The van der Waals surface area contributed by atoms with E-state index in [-0.39, 0.29) is 5.91 Å². The Morgan fingerprint density at radius 2 is 1.48 bits per heavy atom. The number of ether oxygens (including phenoxy) is 1. The van der Waals surface area contributed by atoms with Gasteiger partial charge in [0.25, 0.3) is 5.91 Å². The molecule has 0 aliphatic heterocycles. The topological polar surface area (TPSA) is 67.8 Å². The van der Waals surface area contributed by atoms with Gasteiger partial charge in [-0.3, -0.25) is 4.79 Å². The molecule has 6 heteroatoms. The molecule has 0 aliphatic rings. The van der Waals surface area contributed by atoms with E-state index in [0.717, 1.165) is 16.3 Å². The SMILES string of the molecule is O=C(Oc1ccc(/C=N\NC(=O)c2cccc3ccccc23)cc1)c1ccccc1Br. The van der Waals surface area contributed by atoms with Crippen LogP contribution >= 0.6 is 15.9 Å². The van der Waals surface area contributed by atoms with Gasteiger partial charge in [0.15, 0.2) is 0 Å². The van der Waals surface area contributed by atoms with Crippen LogP contribution in [0, 0.1) is 0 Å². The van der Waals surface area contributed by atoms with Crippen molar-refractivity contribution in [2.45, 2.75) is 0 Å². The lowest BCUT2D eigenvalue weighted by atomic mass is 10.0. The second kappa shape index (κ2) is 9.36. The monoisotopic (exact) mass is 472 g/mol. The standard InChI is InChI=1S/C25H17BrN2O3/c26-23-11-4-3-9-22(23)25(30)31-19-14-12-17(13-15-19)16-27-28-24(29)21-10-5-7-18-6-1-2-8-20(18)21/h1-16H,(H,28,29)/b27-16-. The number of halogens is 1. The number of fused-ring (bicyclic) bond motifs is 1. The third-order valence-electron chi connectivity index (χ3n) is 4.60. The Balaban J connectivity index is 1.39. The first-order chi connectivity index (χ1) is 15.1. The second-order valence-electron chi connectivity index (χ2n) is 6.66. The van der Waals surface area contributed by atoms with Gasteiger partial charge in [-0.05, 0) is 74.7 Å². The van der Waals surface area contributed by atoms with Crippen LogP contribution in [-0.2, 0) is 0 Å². The summed E-state index contributed by atoms with van der Waals surface area (Å²) in [5, 5.41) is 5.90. The van der Waals surface area contributed by atoms with Crippen molar-refractivity contribution in [3.63, 3.8) is 0 Å². The Bertz CT molecular complexity index is 1280. The predicted octanol–water partition coefficient (Wildman–Crippen LogP) is 5.59. The Labute approximate surface area is 187 Å². The van der Waals surface area contributed by atoms with E-state index in [1.807, 2.05) is 42.5 Å². The molecule has 4 aromatic rings. The number of benzene rings is 4. The molecule has 152 valence electrons. The molecule has 0 aliphatic carbocycles. The third-order valence-corrected chi connectivity index (χ3v) is 5.29. The van der Waals surface area contributed by atoms with E-state index >= 15 is 0 Å². The van der Waals surface area contributed by atoms with Crippen LogP contribution in [0.15, 0.2) is 101 Å². The van der Waals surface area contributed by atoms with Crippen molar-refractivity contribution in [2.24, 2.45) is 5.10 Å². The lowest BCUT2D eigenvalue weighted by Gasteiger charge is -2.06. The summed E-state index contributed by atoms with van der Waals surface area (Å²) < 4.78 is 6.07. The fraction of sp³-hybridized carbons (Fsp3) is 0. The zero-order valence-electron chi connectivity index (χ0n) is 16.3. The minimum absolute atomic E-state index is 0.285. The summed E-state index contributed by atoms with van der Waals surface area (Å²) in [6.07, 6.45) is 1.53. The molecule has 0 heterocycles. The van der Waals surface area contributed by atoms with Gasteiger partial charge in [-0.2, -0.15) is 5.10 Å². The largest absolute Gasteiger partial charge is 0.423 e. The highest BCUT2D eigenvalue weighted by Crippen LogP contribution is 2.20. The van der Waals surface area contributed by atoms with Crippen LogP contribution in [0.3, 0.4) is 0 Å². The van der Waals surface area contributed by atoms with E-state index in [9.17, 15) is 9.59 Å². The van der Waals surface area contributed by atoms with Crippen molar-refractivity contribution in [3.8, 4) is 5.75 Å². The fourth-order valence-corrected chi connectivity index (χ4v) is 3.51. The van der Waals surface area contributed by atoms with E-state index in [0.29, 0.717) is 21.3 Å². The molecule has 0 aromatic heterocycles. The van der Waals surface area contributed by atoms with Crippen molar-refractivity contribution in [1.82, 2.24) is 5.43 Å². The van der Waals surface area contributed by atoms with Gasteiger partial charge in [0.2, 0.25) is 0 Å². The van der Waals surface area contributed by atoms with Gasteiger partial charge < -0.3 is 4.74 Å². The summed E-state index contributed by atoms with van der Waals surface area (Å²) in [4.78, 5) is 24.8. The summed E-state index contributed by atoms with van der Waals surface area (Å²) in [5.41, 5.74) is 4.31. The van der Waals surface area contributed by atoms with Crippen molar-refractivity contribution in [2.75, 3.05) is 0 Å². The fourth-order valence-electron chi connectivity index (χ4n) is 3.06. The smallest absolute Gasteiger partial charge is 0.344 e. The predicted molar refractivity (Wildman–Crippen MR) is 125 cm³/mol. The number of esters is 1.